The molecule has 45 heavy (non-hydrogen) atoms. The fourth-order valence-corrected chi connectivity index (χ4v) is 5.90. The summed E-state index contributed by atoms with van der Waals surface area (Å²) in [4.78, 5) is 29.4. The minimum atomic E-state index is -0.770. The number of aromatic amines is 2. The van der Waals surface area contributed by atoms with Crippen LogP contribution in [0.2, 0.25) is 0 Å². The highest BCUT2D eigenvalue weighted by molar-refractivity contribution is 5.71. The summed E-state index contributed by atoms with van der Waals surface area (Å²) in [6.45, 7) is 0. The molecular formula is C38H30N4O3. The number of hydrogen-bond donors (Lipinski definition) is 2. The second kappa shape index (κ2) is 11.9. The van der Waals surface area contributed by atoms with Crippen molar-refractivity contribution in [2.45, 2.75) is 5.92 Å². The van der Waals surface area contributed by atoms with Crippen LogP contribution in [0.1, 0.15) is 22.6 Å². The standard InChI is InChI=1S/C38H30N4O3/c1-45-31-24-14-19-28(25-31)32(33-35(26-15-6-2-7-16-26)39-41(37(33)43)29-20-10-4-11-21-29)34-36(27-17-8-3-9-18-27)40-42(38(34)44)30-22-12-5-13-23-30/h2-25,32,39-40H,1H3. The van der Waals surface area contributed by atoms with E-state index in [-0.39, 0.29) is 11.1 Å². The Balaban J connectivity index is 1.61. The van der Waals surface area contributed by atoms with Gasteiger partial charge < -0.3 is 4.74 Å². The smallest absolute Gasteiger partial charge is 0.276 e. The highest BCUT2D eigenvalue weighted by Crippen LogP contribution is 2.39. The number of aromatic nitrogens is 4. The molecule has 2 N–H and O–H groups in total. The Morgan fingerprint density at radius 2 is 0.956 bits per heavy atom. The molecule has 0 amide bonds. The normalized spacial score (nSPS) is 11.2. The van der Waals surface area contributed by atoms with Gasteiger partial charge in [-0.3, -0.25) is 19.8 Å². The van der Waals surface area contributed by atoms with Crippen molar-refractivity contribution < 1.29 is 4.74 Å². The molecule has 5 aromatic carbocycles. The van der Waals surface area contributed by atoms with E-state index in [1.165, 1.54) is 0 Å². The van der Waals surface area contributed by atoms with E-state index in [0.29, 0.717) is 39.6 Å². The molecule has 0 aliphatic heterocycles. The van der Waals surface area contributed by atoms with E-state index in [1.807, 2.05) is 146 Å². The lowest BCUT2D eigenvalue weighted by molar-refractivity contribution is 0.414. The highest BCUT2D eigenvalue weighted by atomic mass is 16.5. The number of nitrogens with zero attached hydrogens (tertiary/aromatic N) is 2. The van der Waals surface area contributed by atoms with Gasteiger partial charge in [-0.05, 0) is 53.1 Å². The summed E-state index contributed by atoms with van der Waals surface area (Å²) in [5.74, 6) is -0.147. The maximum Gasteiger partial charge on any atom is 0.276 e. The van der Waals surface area contributed by atoms with Gasteiger partial charge in [-0.25, -0.2) is 9.36 Å². The lowest BCUT2D eigenvalue weighted by atomic mass is 9.83. The van der Waals surface area contributed by atoms with Gasteiger partial charge in [0.1, 0.15) is 5.75 Å². The number of methoxy groups -OCH3 is 1. The molecule has 2 aromatic heterocycles. The zero-order chi connectivity index (χ0) is 30.8. The first kappa shape index (κ1) is 27.7. The maximum absolute atomic E-state index is 14.7. The van der Waals surface area contributed by atoms with Crippen molar-refractivity contribution in [1.82, 2.24) is 19.6 Å². The van der Waals surface area contributed by atoms with E-state index in [1.54, 1.807) is 16.5 Å². The van der Waals surface area contributed by atoms with Crippen LogP contribution in [0.5, 0.6) is 5.75 Å². The van der Waals surface area contributed by atoms with Crippen LogP contribution in [0.3, 0.4) is 0 Å². The molecule has 0 bridgehead atoms. The summed E-state index contributed by atoms with van der Waals surface area (Å²) in [6, 6.07) is 46.0. The van der Waals surface area contributed by atoms with Crippen LogP contribution in [0.15, 0.2) is 155 Å². The number of ether oxygens (including phenoxy) is 1. The van der Waals surface area contributed by atoms with Crippen LogP contribution in [-0.4, -0.2) is 26.7 Å². The average molecular weight is 591 g/mol. The average Bonchev–Trinajstić information content (AvgIpc) is 3.63. The topological polar surface area (TPSA) is 84.8 Å². The van der Waals surface area contributed by atoms with Gasteiger partial charge in [0, 0.05) is 5.92 Å². The van der Waals surface area contributed by atoms with E-state index in [4.69, 9.17) is 4.74 Å². The minimum absolute atomic E-state index is 0.251. The molecule has 220 valence electrons. The summed E-state index contributed by atoms with van der Waals surface area (Å²) in [5.41, 5.74) is 5.43. The fourth-order valence-electron chi connectivity index (χ4n) is 5.90. The third-order valence-electron chi connectivity index (χ3n) is 8.01. The molecule has 0 unspecified atom stereocenters. The summed E-state index contributed by atoms with van der Waals surface area (Å²) < 4.78 is 8.74. The first-order chi connectivity index (χ1) is 22.1. The molecule has 0 saturated heterocycles. The monoisotopic (exact) mass is 590 g/mol. The van der Waals surface area contributed by atoms with Crippen molar-refractivity contribution in [2.75, 3.05) is 7.11 Å². The third kappa shape index (κ3) is 5.10. The van der Waals surface area contributed by atoms with Gasteiger partial charge >= 0.3 is 0 Å². The summed E-state index contributed by atoms with van der Waals surface area (Å²) in [6.07, 6.45) is 0. The summed E-state index contributed by atoms with van der Waals surface area (Å²) in [7, 11) is 1.61. The van der Waals surface area contributed by atoms with Crippen LogP contribution in [0, 0.1) is 0 Å². The number of hydrogen-bond acceptors (Lipinski definition) is 3. The van der Waals surface area contributed by atoms with Crippen LogP contribution in [0.25, 0.3) is 33.9 Å². The SMILES string of the molecule is COc1cccc(C(c2c(-c3ccccc3)[nH]n(-c3ccccc3)c2=O)c2c(-c3ccccc3)[nH]n(-c3ccccc3)c2=O)c1. The molecule has 0 aliphatic rings. The molecule has 0 fully saturated rings. The van der Waals surface area contributed by atoms with E-state index >= 15 is 0 Å². The van der Waals surface area contributed by atoms with Crippen LogP contribution in [-0.2, 0) is 0 Å². The Morgan fingerprint density at radius 3 is 1.38 bits per heavy atom. The minimum Gasteiger partial charge on any atom is -0.497 e. The van der Waals surface area contributed by atoms with Gasteiger partial charge in [0.05, 0.1) is 41.0 Å². The number of rotatable bonds is 8. The Hall–Kier alpha value is -6.08. The molecule has 0 radical (unpaired) electrons. The van der Waals surface area contributed by atoms with E-state index < -0.39 is 5.92 Å². The first-order valence-electron chi connectivity index (χ1n) is 14.7. The van der Waals surface area contributed by atoms with Gasteiger partial charge in [-0.1, -0.05) is 109 Å². The van der Waals surface area contributed by atoms with Crippen LogP contribution >= 0.6 is 0 Å². The molecule has 0 saturated carbocycles. The van der Waals surface area contributed by atoms with Crippen molar-refractivity contribution in [3.63, 3.8) is 0 Å². The highest BCUT2D eigenvalue weighted by Gasteiger charge is 2.34. The zero-order valence-corrected chi connectivity index (χ0v) is 24.6. The maximum atomic E-state index is 14.7. The molecule has 7 heteroatoms. The molecule has 2 heterocycles. The number of H-pyrrole nitrogens is 2. The predicted molar refractivity (Wildman–Crippen MR) is 178 cm³/mol. The van der Waals surface area contributed by atoms with Crippen LogP contribution < -0.4 is 15.9 Å². The van der Waals surface area contributed by atoms with E-state index in [9.17, 15) is 9.59 Å². The van der Waals surface area contributed by atoms with Gasteiger partial charge in [-0.2, -0.15) is 0 Å². The van der Waals surface area contributed by atoms with Crippen molar-refractivity contribution >= 4 is 0 Å². The second-order valence-corrected chi connectivity index (χ2v) is 10.7. The number of benzene rings is 5. The van der Waals surface area contributed by atoms with Crippen LogP contribution in [0.4, 0.5) is 0 Å². The molecule has 7 aromatic rings. The summed E-state index contributed by atoms with van der Waals surface area (Å²) >= 11 is 0. The molecular weight excluding hydrogens is 560 g/mol. The Kier molecular flexibility index (Phi) is 7.33. The van der Waals surface area contributed by atoms with E-state index in [0.717, 1.165) is 16.7 Å². The lowest BCUT2D eigenvalue weighted by Gasteiger charge is -2.18. The number of nitrogens with one attached hydrogen (secondary N) is 2. The lowest BCUT2D eigenvalue weighted by Crippen LogP contribution is -2.25. The van der Waals surface area contributed by atoms with Gasteiger partial charge in [0.15, 0.2) is 0 Å². The van der Waals surface area contributed by atoms with Crippen molar-refractivity contribution in [3.05, 3.63) is 183 Å². The predicted octanol–water partition coefficient (Wildman–Crippen LogP) is 7.17. The van der Waals surface area contributed by atoms with E-state index in [2.05, 4.69) is 10.2 Å². The molecule has 7 nitrogen and oxygen atoms in total. The fraction of sp³-hybridized carbons (Fsp3) is 0.0526. The quantitative estimate of drug-likeness (QED) is 0.197. The van der Waals surface area contributed by atoms with Crippen molar-refractivity contribution in [1.29, 1.82) is 0 Å². The number of para-hydroxylation sites is 2. The van der Waals surface area contributed by atoms with Crippen molar-refractivity contribution in [3.8, 4) is 39.6 Å². The van der Waals surface area contributed by atoms with Gasteiger partial charge in [0.25, 0.3) is 11.1 Å². The zero-order valence-electron chi connectivity index (χ0n) is 24.6. The Morgan fingerprint density at radius 1 is 0.533 bits per heavy atom. The van der Waals surface area contributed by atoms with Gasteiger partial charge in [-0.15, -0.1) is 0 Å². The molecule has 7 rings (SSSR count). The first-order valence-corrected chi connectivity index (χ1v) is 14.7. The molecule has 0 atom stereocenters. The molecule has 0 spiro atoms. The largest absolute Gasteiger partial charge is 0.497 e. The van der Waals surface area contributed by atoms with Gasteiger partial charge in [0.2, 0.25) is 0 Å². The Labute approximate surface area is 259 Å². The Bertz CT molecular complexity index is 2040. The second-order valence-electron chi connectivity index (χ2n) is 10.7. The molecule has 0 aliphatic carbocycles. The summed E-state index contributed by atoms with van der Waals surface area (Å²) in [5, 5.41) is 6.80. The van der Waals surface area contributed by atoms with Crippen molar-refractivity contribution in [2.24, 2.45) is 0 Å². The third-order valence-corrected chi connectivity index (χ3v) is 8.01.